The van der Waals surface area contributed by atoms with E-state index in [4.69, 9.17) is 4.98 Å². The highest BCUT2D eigenvalue weighted by molar-refractivity contribution is 9.10. The number of likely N-dealkylation sites (N-methyl/N-ethyl adjacent to an activating group) is 1. The molecule has 0 aliphatic heterocycles. The maximum Gasteiger partial charge on any atom is 0.110 e. The van der Waals surface area contributed by atoms with E-state index in [2.05, 4.69) is 51.9 Å². The Hall–Kier alpha value is -1.13. The summed E-state index contributed by atoms with van der Waals surface area (Å²) in [6.45, 7) is 3.06. The zero-order valence-corrected chi connectivity index (χ0v) is 12.6. The third-order valence-electron chi connectivity index (χ3n) is 3.20. The third-order valence-corrected chi connectivity index (χ3v) is 3.89. The van der Waals surface area contributed by atoms with Crippen molar-refractivity contribution >= 4 is 15.9 Å². The number of nitrogens with zero attached hydrogens (tertiary/aromatic N) is 2. The Labute approximate surface area is 116 Å². The molecule has 2 rings (SSSR count). The molecule has 0 atom stereocenters. The minimum Gasteiger partial charge on any atom is -0.335 e. The molecule has 0 aliphatic rings. The van der Waals surface area contributed by atoms with Crippen LogP contribution in [-0.4, -0.2) is 23.1 Å². The van der Waals surface area contributed by atoms with Crippen molar-refractivity contribution in [2.75, 3.05) is 13.6 Å². The number of aromatic nitrogens is 2. The summed E-state index contributed by atoms with van der Waals surface area (Å²) in [5.74, 6) is 1.12. The van der Waals surface area contributed by atoms with E-state index in [1.54, 1.807) is 0 Å². The summed E-state index contributed by atoms with van der Waals surface area (Å²) < 4.78 is 3.26. The lowest BCUT2D eigenvalue weighted by Gasteiger charge is -2.03. The minimum absolute atomic E-state index is 0.943. The molecule has 3 nitrogen and oxygen atoms in total. The van der Waals surface area contributed by atoms with E-state index >= 15 is 0 Å². The van der Waals surface area contributed by atoms with Gasteiger partial charge >= 0.3 is 0 Å². The normalized spacial score (nSPS) is 10.9. The highest BCUT2D eigenvalue weighted by Gasteiger charge is 2.14. The second kappa shape index (κ2) is 5.67. The molecule has 2 aromatic rings. The predicted octanol–water partition coefficient (Wildman–Crippen LogP) is 2.92. The average Bonchev–Trinajstić information content (AvgIpc) is 2.65. The lowest BCUT2D eigenvalue weighted by atomic mass is 10.1. The molecule has 0 aliphatic carbocycles. The Bertz CT molecular complexity index is 546. The van der Waals surface area contributed by atoms with Crippen molar-refractivity contribution in [1.29, 1.82) is 0 Å². The first kappa shape index (κ1) is 13.3. The van der Waals surface area contributed by atoms with Gasteiger partial charge in [0.2, 0.25) is 0 Å². The van der Waals surface area contributed by atoms with E-state index in [0.29, 0.717) is 0 Å². The molecule has 1 aromatic carbocycles. The Morgan fingerprint density at radius 1 is 1.33 bits per heavy atom. The van der Waals surface area contributed by atoms with Crippen LogP contribution in [0.1, 0.15) is 11.5 Å². The maximum atomic E-state index is 4.77. The highest BCUT2D eigenvalue weighted by atomic mass is 79.9. The molecule has 96 valence electrons. The van der Waals surface area contributed by atoms with Crippen molar-refractivity contribution in [3.63, 3.8) is 0 Å². The van der Waals surface area contributed by atoms with E-state index in [0.717, 1.165) is 34.5 Å². The number of nitrogens with one attached hydrogen (secondary N) is 1. The van der Waals surface area contributed by atoms with Crippen LogP contribution in [0.4, 0.5) is 0 Å². The highest BCUT2D eigenvalue weighted by Crippen LogP contribution is 2.29. The molecular formula is C14H18BrN3. The summed E-state index contributed by atoms with van der Waals surface area (Å²) in [4.78, 5) is 4.77. The summed E-state index contributed by atoms with van der Waals surface area (Å²) in [5.41, 5.74) is 3.42. The van der Waals surface area contributed by atoms with E-state index in [1.807, 2.05) is 19.2 Å². The van der Waals surface area contributed by atoms with Crippen LogP contribution in [0.25, 0.3) is 11.3 Å². The van der Waals surface area contributed by atoms with Gasteiger partial charge in [0.1, 0.15) is 5.82 Å². The summed E-state index contributed by atoms with van der Waals surface area (Å²) in [6, 6.07) is 8.22. The van der Waals surface area contributed by atoms with E-state index in [1.165, 1.54) is 5.69 Å². The van der Waals surface area contributed by atoms with E-state index in [-0.39, 0.29) is 0 Å². The lowest BCUT2D eigenvalue weighted by molar-refractivity contribution is 0.710. The van der Waals surface area contributed by atoms with Gasteiger partial charge in [0.25, 0.3) is 0 Å². The standard InChI is InChI=1S/C14H18BrN3/c1-10-14(11-6-4-5-7-12(11)15)17-13(18(10)3)8-9-16-2/h4-7,16H,8-9H2,1-3H3. The van der Waals surface area contributed by atoms with Crippen molar-refractivity contribution in [3.05, 3.63) is 40.3 Å². The van der Waals surface area contributed by atoms with Crippen LogP contribution in [0, 0.1) is 6.92 Å². The molecule has 0 saturated carbocycles. The topological polar surface area (TPSA) is 29.9 Å². The van der Waals surface area contributed by atoms with Crippen LogP contribution in [0.15, 0.2) is 28.7 Å². The van der Waals surface area contributed by atoms with Crippen LogP contribution < -0.4 is 5.32 Å². The SMILES string of the molecule is CNCCc1nc(-c2ccccc2Br)c(C)n1C. The first-order chi connectivity index (χ1) is 8.65. The van der Waals surface area contributed by atoms with Crippen LogP contribution in [-0.2, 0) is 13.5 Å². The predicted molar refractivity (Wildman–Crippen MR) is 78.7 cm³/mol. The van der Waals surface area contributed by atoms with Crippen LogP contribution in [0.5, 0.6) is 0 Å². The smallest absolute Gasteiger partial charge is 0.110 e. The molecule has 0 bridgehead atoms. The molecule has 0 unspecified atom stereocenters. The third kappa shape index (κ3) is 2.49. The monoisotopic (exact) mass is 307 g/mol. The number of rotatable bonds is 4. The molecular weight excluding hydrogens is 290 g/mol. The molecule has 0 saturated heterocycles. The molecule has 0 fully saturated rings. The van der Waals surface area contributed by atoms with Gasteiger partial charge in [0.05, 0.1) is 5.69 Å². The van der Waals surface area contributed by atoms with Crippen molar-refractivity contribution in [1.82, 2.24) is 14.9 Å². The van der Waals surface area contributed by atoms with Crippen molar-refractivity contribution < 1.29 is 0 Å². The fourth-order valence-electron chi connectivity index (χ4n) is 2.01. The van der Waals surface area contributed by atoms with Crippen LogP contribution >= 0.6 is 15.9 Å². The Balaban J connectivity index is 2.43. The zero-order chi connectivity index (χ0) is 13.1. The van der Waals surface area contributed by atoms with Crippen LogP contribution in [0.3, 0.4) is 0 Å². The second-order valence-corrected chi connectivity index (χ2v) is 5.21. The van der Waals surface area contributed by atoms with Gasteiger partial charge in [-0.3, -0.25) is 0 Å². The molecule has 0 spiro atoms. The van der Waals surface area contributed by atoms with Gasteiger partial charge < -0.3 is 9.88 Å². The average molecular weight is 308 g/mol. The number of imidazole rings is 1. The van der Waals surface area contributed by atoms with Crippen molar-refractivity contribution in [2.24, 2.45) is 7.05 Å². The number of benzene rings is 1. The van der Waals surface area contributed by atoms with E-state index in [9.17, 15) is 0 Å². The molecule has 0 radical (unpaired) electrons. The molecule has 18 heavy (non-hydrogen) atoms. The quantitative estimate of drug-likeness (QED) is 0.941. The fraction of sp³-hybridized carbons (Fsp3) is 0.357. The van der Waals surface area contributed by atoms with Gasteiger partial charge in [0.15, 0.2) is 0 Å². The minimum atomic E-state index is 0.943. The molecule has 4 heteroatoms. The van der Waals surface area contributed by atoms with Crippen molar-refractivity contribution in [3.8, 4) is 11.3 Å². The molecule has 1 aromatic heterocycles. The Kier molecular flexibility index (Phi) is 4.19. The number of hydrogen-bond acceptors (Lipinski definition) is 2. The molecule has 1 heterocycles. The van der Waals surface area contributed by atoms with Crippen LogP contribution in [0.2, 0.25) is 0 Å². The van der Waals surface area contributed by atoms with Crippen molar-refractivity contribution in [2.45, 2.75) is 13.3 Å². The Morgan fingerprint density at radius 3 is 2.72 bits per heavy atom. The van der Waals surface area contributed by atoms with Gasteiger partial charge in [0, 0.05) is 35.7 Å². The lowest BCUT2D eigenvalue weighted by Crippen LogP contribution is -2.13. The first-order valence-electron chi connectivity index (χ1n) is 6.07. The van der Waals surface area contributed by atoms with Gasteiger partial charge in [-0.2, -0.15) is 0 Å². The Morgan fingerprint density at radius 2 is 2.06 bits per heavy atom. The fourth-order valence-corrected chi connectivity index (χ4v) is 2.48. The largest absolute Gasteiger partial charge is 0.335 e. The number of hydrogen-bond donors (Lipinski definition) is 1. The second-order valence-electron chi connectivity index (χ2n) is 4.35. The van der Waals surface area contributed by atoms with Gasteiger partial charge in [-0.25, -0.2) is 4.98 Å². The first-order valence-corrected chi connectivity index (χ1v) is 6.86. The van der Waals surface area contributed by atoms with Gasteiger partial charge in [-0.15, -0.1) is 0 Å². The summed E-state index contributed by atoms with van der Waals surface area (Å²) in [6.07, 6.45) is 0.943. The van der Waals surface area contributed by atoms with E-state index < -0.39 is 0 Å². The summed E-state index contributed by atoms with van der Waals surface area (Å²) in [7, 11) is 4.04. The molecule has 0 amide bonds. The van der Waals surface area contributed by atoms with Gasteiger partial charge in [-0.1, -0.05) is 34.1 Å². The summed E-state index contributed by atoms with van der Waals surface area (Å²) >= 11 is 3.59. The van der Waals surface area contributed by atoms with Gasteiger partial charge in [-0.05, 0) is 20.0 Å². The number of halogens is 1. The summed E-state index contributed by atoms with van der Waals surface area (Å²) in [5, 5.41) is 3.16. The zero-order valence-electron chi connectivity index (χ0n) is 11.0. The maximum absolute atomic E-state index is 4.77. The molecule has 1 N–H and O–H groups in total.